The first kappa shape index (κ1) is 15.2. The van der Waals surface area contributed by atoms with Crippen LogP contribution in [0.25, 0.3) is 0 Å². The summed E-state index contributed by atoms with van der Waals surface area (Å²) in [4.78, 5) is 31.4. The van der Waals surface area contributed by atoms with E-state index in [1.54, 1.807) is 11.3 Å². The van der Waals surface area contributed by atoms with Crippen molar-refractivity contribution in [3.8, 4) is 0 Å². The van der Waals surface area contributed by atoms with Crippen LogP contribution in [0.15, 0.2) is 6.07 Å². The standard InChI is InChI=1S/C18H24N2O2S/c1-19-14-8-7-13(17(19)21)10-20(11-14)18(22)16-9-12-5-3-2-4-6-15(12)23-16/h9,13-14H,2-8,10-11H2,1H3/t13-,14+/m0/s1. The van der Waals surface area contributed by atoms with Crippen molar-refractivity contribution < 1.29 is 9.59 Å². The number of thiophene rings is 1. The molecule has 1 aliphatic carbocycles. The van der Waals surface area contributed by atoms with Crippen molar-refractivity contribution >= 4 is 23.2 Å². The molecule has 0 radical (unpaired) electrons. The molecular weight excluding hydrogens is 308 g/mol. The SMILES string of the molecule is CN1C(=O)[C@H]2CC[C@@H]1CN(C(=O)c1cc3c(s1)CCCCC3)C2. The number of piperidine rings is 1. The van der Waals surface area contributed by atoms with Gasteiger partial charge >= 0.3 is 0 Å². The highest BCUT2D eigenvalue weighted by Crippen LogP contribution is 2.32. The largest absolute Gasteiger partial charge is 0.341 e. The van der Waals surface area contributed by atoms with Gasteiger partial charge in [0.05, 0.1) is 10.8 Å². The van der Waals surface area contributed by atoms with Crippen LogP contribution in [0.3, 0.4) is 0 Å². The lowest BCUT2D eigenvalue weighted by molar-refractivity contribution is -0.138. The first-order chi connectivity index (χ1) is 11.1. The molecule has 4 heterocycles. The van der Waals surface area contributed by atoms with Gasteiger partial charge in [-0.1, -0.05) is 6.42 Å². The Morgan fingerprint density at radius 3 is 2.87 bits per heavy atom. The van der Waals surface area contributed by atoms with Gasteiger partial charge in [0.1, 0.15) is 0 Å². The predicted molar refractivity (Wildman–Crippen MR) is 90.8 cm³/mol. The highest BCUT2D eigenvalue weighted by atomic mass is 32.1. The number of amides is 2. The van der Waals surface area contributed by atoms with E-state index in [2.05, 4.69) is 6.07 Å². The summed E-state index contributed by atoms with van der Waals surface area (Å²) in [6, 6.07) is 2.33. The quantitative estimate of drug-likeness (QED) is 0.742. The molecule has 2 atom stereocenters. The molecule has 23 heavy (non-hydrogen) atoms. The molecule has 3 aliphatic heterocycles. The summed E-state index contributed by atoms with van der Waals surface area (Å²) in [7, 11) is 1.89. The number of hydrogen-bond donors (Lipinski definition) is 0. The molecule has 3 fully saturated rings. The first-order valence-electron chi connectivity index (χ1n) is 8.81. The number of aryl methyl sites for hydroxylation is 2. The lowest BCUT2D eigenvalue weighted by Gasteiger charge is -2.32. The van der Waals surface area contributed by atoms with Gasteiger partial charge in [0.2, 0.25) is 5.91 Å². The zero-order valence-corrected chi connectivity index (χ0v) is 14.5. The maximum Gasteiger partial charge on any atom is 0.264 e. The molecule has 124 valence electrons. The van der Waals surface area contributed by atoms with Crippen molar-refractivity contribution in [1.29, 1.82) is 0 Å². The van der Waals surface area contributed by atoms with Gasteiger partial charge in [-0.2, -0.15) is 0 Å². The molecule has 1 aromatic rings. The van der Waals surface area contributed by atoms with Gasteiger partial charge in [-0.25, -0.2) is 0 Å². The fourth-order valence-corrected chi connectivity index (χ4v) is 5.47. The lowest BCUT2D eigenvalue weighted by Crippen LogP contribution is -2.45. The normalized spacial score (nSPS) is 27.6. The van der Waals surface area contributed by atoms with Gasteiger partial charge in [-0.15, -0.1) is 11.3 Å². The summed E-state index contributed by atoms with van der Waals surface area (Å²) in [5.41, 5.74) is 1.39. The summed E-state index contributed by atoms with van der Waals surface area (Å²) < 4.78 is 0. The zero-order valence-electron chi connectivity index (χ0n) is 13.7. The summed E-state index contributed by atoms with van der Waals surface area (Å²) in [5, 5.41) is 0. The maximum atomic E-state index is 13.0. The highest BCUT2D eigenvalue weighted by Gasteiger charge is 2.40. The Morgan fingerprint density at radius 1 is 1.17 bits per heavy atom. The number of hydrogen-bond acceptors (Lipinski definition) is 3. The Bertz CT molecular complexity index is 615. The van der Waals surface area contributed by atoms with Gasteiger partial charge < -0.3 is 9.80 Å². The van der Waals surface area contributed by atoms with E-state index in [4.69, 9.17) is 0 Å². The van der Waals surface area contributed by atoms with Crippen LogP contribution in [0.1, 0.15) is 52.2 Å². The molecule has 0 unspecified atom stereocenters. The van der Waals surface area contributed by atoms with Crippen molar-refractivity contribution in [2.24, 2.45) is 5.92 Å². The van der Waals surface area contributed by atoms with Gasteiger partial charge in [-0.3, -0.25) is 9.59 Å². The lowest BCUT2D eigenvalue weighted by atomic mass is 9.95. The number of nitrogens with zero attached hydrogens (tertiary/aromatic N) is 2. The molecule has 2 bridgehead atoms. The van der Waals surface area contributed by atoms with Crippen LogP contribution < -0.4 is 0 Å². The molecule has 4 aliphatic rings. The van der Waals surface area contributed by atoms with Gasteiger partial charge in [0.25, 0.3) is 5.91 Å². The molecule has 3 saturated heterocycles. The van der Waals surface area contributed by atoms with Crippen LogP contribution in [0.2, 0.25) is 0 Å². The maximum absolute atomic E-state index is 13.0. The third kappa shape index (κ3) is 2.69. The second-order valence-electron chi connectivity index (χ2n) is 7.21. The summed E-state index contributed by atoms with van der Waals surface area (Å²) in [5.74, 6) is 0.363. The second-order valence-corrected chi connectivity index (χ2v) is 8.34. The van der Waals surface area contributed by atoms with E-state index in [-0.39, 0.29) is 23.8 Å². The van der Waals surface area contributed by atoms with E-state index in [9.17, 15) is 9.59 Å². The van der Waals surface area contributed by atoms with Gasteiger partial charge in [0, 0.05) is 31.1 Å². The van der Waals surface area contributed by atoms with E-state index in [0.717, 1.165) is 30.6 Å². The van der Waals surface area contributed by atoms with Crippen LogP contribution >= 0.6 is 11.3 Å². The van der Waals surface area contributed by atoms with E-state index >= 15 is 0 Å². The molecule has 2 amide bonds. The molecule has 5 heteroatoms. The summed E-state index contributed by atoms with van der Waals surface area (Å²) >= 11 is 1.69. The minimum Gasteiger partial charge on any atom is -0.341 e. The third-order valence-corrected chi connectivity index (χ3v) is 6.93. The van der Waals surface area contributed by atoms with Crippen LogP contribution in [0.4, 0.5) is 0 Å². The van der Waals surface area contributed by atoms with Crippen molar-refractivity contribution in [1.82, 2.24) is 9.80 Å². The molecule has 4 nitrogen and oxygen atoms in total. The Balaban J connectivity index is 1.56. The van der Waals surface area contributed by atoms with Gasteiger partial charge in [-0.05, 0) is 50.2 Å². The van der Waals surface area contributed by atoms with Crippen LogP contribution in [-0.4, -0.2) is 47.8 Å². The highest BCUT2D eigenvalue weighted by molar-refractivity contribution is 7.14. The predicted octanol–water partition coefficient (Wildman–Crippen LogP) is 2.71. The van der Waals surface area contributed by atoms with E-state index in [0.29, 0.717) is 13.1 Å². The van der Waals surface area contributed by atoms with E-state index < -0.39 is 0 Å². The van der Waals surface area contributed by atoms with E-state index in [1.165, 1.54) is 29.7 Å². The Labute approximate surface area is 141 Å². The molecule has 0 N–H and O–H groups in total. The molecule has 1 aromatic heterocycles. The molecule has 0 aromatic carbocycles. The average molecular weight is 332 g/mol. The zero-order chi connectivity index (χ0) is 16.0. The average Bonchev–Trinajstić information content (AvgIpc) is 2.72. The number of carbonyl (C=O) groups is 2. The number of likely N-dealkylation sites (N-methyl/N-ethyl adjacent to an activating group) is 1. The van der Waals surface area contributed by atoms with Crippen LogP contribution in [0.5, 0.6) is 0 Å². The van der Waals surface area contributed by atoms with E-state index in [1.807, 2.05) is 16.8 Å². The molecule has 0 saturated carbocycles. The van der Waals surface area contributed by atoms with Gasteiger partial charge in [0.15, 0.2) is 0 Å². The van der Waals surface area contributed by atoms with Crippen molar-refractivity contribution in [3.05, 3.63) is 21.4 Å². The summed E-state index contributed by atoms with van der Waals surface area (Å²) in [6.45, 7) is 1.29. The molecular formula is C18H24N2O2S. The van der Waals surface area contributed by atoms with Crippen LogP contribution in [0, 0.1) is 5.92 Å². The minimum atomic E-state index is 0.000451. The Morgan fingerprint density at radius 2 is 2.00 bits per heavy atom. The number of rotatable bonds is 1. The van der Waals surface area contributed by atoms with Crippen molar-refractivity contribution in [3.63, 3.8) is 0 Å². The third-order valence-electron chi connectivity index (χ3n) is 5.71. The Kier molecular flexibility index (Phi) is 3.92. The smallest absolute Gasteiger partial charge is 0.264 e. The Hall–Kier alpha value is -1.36. The molecule has 5 rings (SSSR count). The molecule has 0 spiro atoms. The second kappa shape index (κ2) is 5.93. The van der Waals surface area contributed by atoms with Crippen molar-refractivity contribution in [2.75, 3.05) is 20.1 Å². The van der Waals surface area contributed by atoms with Crippen LogP contribution in [-0.2, 0) is 17.6 Å². The number of carbonyl (C=O) groups excluding carboxylic acids is 2. The fraction of sp³-hybridized carbons (Fsp3) is 0.667. The first-order valence-corrected chi connectivity index (χ1v) is 9.62. The number of fused-ring (bicyclic) bond motifs is 5. The topological polar surface area (TPSA) is 40.6 Å². The monoisotopic (exact) mass is 332 g/mol. The summed E-state index contributed by atoms with van der Waals surface area (Å²) in [6.07, 6.45) is 7.98. The van der Waals surface area contributed by atoms with Crippen molar-refractivity contribution in [2.45, 2.75) is 51.0 Å². The minimum absolute atomic E-state index is 0.000451. The fourth-order valence-electron chi connectivity index (χ4n) is 4.25.